The molecule has 2 rings (SSSR count). The van der Waals surface area contributed by atoms with Crippen LogP contribution in [0.1, 0.15) is 29.4 Å². The summed E-state index contributed by atoms with van der Waals surface area (Å²) in [5.74, 6) is 1.65. The number of nitrogens with one attached hydrogen (secondary N) is 2. The van der Waals surface area contributed by atoms with E-state index >= 15 is 0 Å². The fourth-order valence-electron chi connectivity index (χ4n) is 2.93. The number of aryl methyl sites for hydroxylation is 2. The molecule has 136 valence electrons. The molecule has 2 aromatic rings. The van der Waals surface area contributed by atoms with Crippen molar-refractivity contribution in [3.8, 4) is 5.75 Å². The zero-order valence-corrected chi connectivity index (χ0v) is 16.1. The topological polar surface area (TPSA) is 63.5 Å². The summed E-state index contributed by atoms with van der Waals surface area (Å²) in [4.78, 5) is 4.32. The van der Waals surface area contributed by atoms with Crippen molar-refractivity contribution in [3.05, 3.63) is 46.8 Å². The van der Waals surface area contributed by atoms with Gasteiger partial charge in [0, 0.05) is 37.9 Å². The van der Waals surface area contributed by atoms with Gasteiger partial charge in [-0.25, -0.2) is 0 Å². The largest absolute Gasteiger partial charge is 0.496 e. The Morgan fingerprint density at radius 1 is 1.32 bits per heavy atom. The molecule has 0 aliphatic carbocycles. The molecule has 1 atom stereocenters. The number of rotatable bonds is 6. The van der Waals surface area contributed by atoms with Crippen LogP contribution in [0.5, 0.6) is 5.75 Å². The smallest absolute Gasteiger partial charge is 0.191 e. The minimum Gasteiger partial charge on any atom is -0.496 e. The second-order valence-corrected chi connectivity index (χ2v) is 6.26. The van der Waals surface area contributed by atoms with E-state index in [9.17, 15) is 0 Å². The van der Waals surface area contributed by atoms with E-state index in [1.54, 1.807) is 14.2 Å². The third kappa shape index (κ3) is 4.75. The molecule has 0 saturated carbocycles. The van der Waals surface area contributed by atoms with Crippen molar-refractivity contribution in [1.82, 2.24) is 20.4 Å². The van der Waals surface area contributed by atoms with E-state index in [-0.39, 0.29) is 6.04 Å². The lowest BCUT2D eigenvalue weighted by atomic mass is 10.1. The number of nitrogens with zero attached hydrogens (tertiary/aromatic N) is 3. The summed E-state index contributed by atoms with van der Waals surface area (Å²) >= 11 is 0. The first-order valence-electron chi connectivity index (χ1n) is 8.54. The number of guanidine groups is 1. The van der Waals surface area contributed by atoms with E-state index in [1.165, 1.54) is 11.3 Å². The molecule has 0 aliphatic heterocycles. The van der Waals surface area contributed by atoms with Gasteiger partial charge < -0.3 is 15.4 Å². The zero-order valence-electron chi connectivity index (χ0n) is 16.1. The maximum Gasteiger partial charge on any atom is 0.191 e. The number of hydrogen-bond donors (Lipinski definition) is 2. The molecule has 6 heteroatoms. The molecular weight excluding hydrogens is 314 g/mol. The van der Waals surface area contributed by atoms with Crippen LogP contribution in [-0.2, 0) is 20.0 Å². The second-order valence-electron chi connectivity index (χ2n) is 6.26. The Labute approximate surface area is 150 Å². The Balaban J connectivity index is 1.95. The standard InChI is InChI=1S/C19H29N5O/c1-13(11-17-14(2)23-24(5)15(17)3)22-19(20-4)21-12-16-9-7-8-10-18(16)25-6/h7-10,13H,11-12H2,1-6H3,(H2,20,21,22). The van der Waals surface area contributed by atoms with Crippen LogP contribution < -0.4 is 15.4 Å². The summed E-state index contributed by atoms with van der Waals surface area (Å²) in [7, 11) is 5.45. The van der Waals surface area contributed by atoms with Gasteiger partial charge in [0.2, 0.25) is 0 Å². The van der Waals surface area contributed by atoms with Gasteiger partial charge in [-0.2, -0.15) is 5.10 Å². The van der Waals surface area contributed by atoms with Crippen LogP contribution in [0.4, 0.5) is 0 Å². The number of hydrogen-bond acceptors (Lipinski definition) is 3. The normalized spacial score (nSPS) is 12.8. The van der Waals surface area contributed by atoms with E-state index in [1.807, 2.05) is 36.0 Å². The van der Waals surface area contributed by atoms with Crippen molar-refractivity contribution in [3.63, 3.8) is 0 Å². The summed E-state index contributed by atoms with van der Waals surface area (Å²) in [5.41, 5.74) is 4.69. The lowest BCUT2D eigenvalue weighted by Gasteiger charge is -2.19. The van der Waals surface area contributed by atoms with Crippen molar-refractivity contribution in [2.24, 2.45) is 12.0 Å². The maximum absolute atomic E-state index is 5.39. The summed E-state index contributed by atoms with van der Waals surface area (Å²) in [5, 5.41) is 11.3. The highest BCUT2D eigenvalue weighted by Gasteiger charge is 2.14. The fraction of sp³-hybridized carbons (Fsp3) is 0.474. The van der Waals surface area contributed by atoms with Gasteiger partial charge in [-0.15, -0.1) is 0 Å². The minimum absolute atomic E-state index is 0.241. The fourth-order valence-corrected chi connectivity index (χ4v) is 2.93. The monoisotopic (exact) mass is 343 g/mol. The molecule has 2 N–H and O–H groups in total. The molecule has 0 spiro atoms. The van der Waals surface area contributed by atoms with Gasteiger partial charge in [0.25, 0.3) is 0 Å². The predicted molar refractivity (Wildman–Crippen MR) is 102 cm³/mol. The Bertz CT molecular complexity index is 735. The maximum atomic E-state index is 5.39. The minimum atomic E-state index is 0.241. The lowest BCUT2D eigenvalue weighted by Crippen LogP contribution is -2.42. The molecule has 0 radical (unpaired) electrons. The van der Waals surface area contributed by atoms with Gasteiger partial charge in [-0.3, -0.25) is 9.67 Å². The summed E-state index contributed by atoms with van der Waals surface area (Å²) in [6, 6.07) is 8.22. The number of aliphatic imine (C=N–C) groups is 1. The third-order valence-corrected chi connectivity index (χ3v) is 4.41. The van der Waals surface area contributed by atoms with Crippen molar-refractivity contribution in [2.75, 3.05) is 14.2 Å². The summed E-state index contributed by atoms with van der Waals surface area (Å²) in [6.45, 7) is 6.98. The number of benzene rings is 1. The van der Waals surface area contributed by atoms with Gasteiger partial charge in [0.15, 0.2) is 5.96 Å². The first-order valence-corrected chi connectivity index (χ1v) is 8.54. The number of aromatic nitrogens is 2. The first kappa shape index (κ1) is 18.8. The highest BCUT2D eigenvalue weighted by Crippen LogP contribution is 2.17. The molecule has 0 aliphatic rings. The van der Waals surface area contributed by atoms with Crippen LogP contribution >= 0.6 is 0 Å². The summed E-state index contributed by atoms with van der Waals surface area (Å²) < 4.78 is 7.33. The number of ether oxygens (including phenoxy) is 1. The van der Waals surface area contributed by atoms with Gasteiger partial charge in [-0.05, 0) is 38.8 Å². The van der Waals surface area contributed by atoms with Crippen LogP contribution in [0, 0.1) is 13.8 Å². The second kappa shape index (κ2) is 8.55. The van der Waals surface area contributed by atoms with Crippen LogP contribution in [0.2, 0.25) is 0 Å². The van der Waals surface area contributed by atoms with E-state index in [4.69, 9.17) is 4.74 Å². The van der Waals surface area contributed by atoms with E-state index in [0.29, 0.717) is 6.54 Å². The number of methoxy groups -OCH3 is 1. The molecular formula is C19H29N5O. The molecule has 6 nitrogen and oxygen atoms in total. The molecule has 0 bridgehead atoms. The van der Waals surface area contributed by atoms with Crippen LogP contribution in [-0.4, -0.2) is 35.9 Å². The van der Waals surface area contributed by atoms with Crippen molar-refractivity contribution in [2.45, 2.75) is 39.8 Å². The van der Waals surface area contributed by atoms with Crippen LogP contribution in [0.25, 0.3) is 0 Å². The zero-order chi connectivity index (χ0) is 18.4. The molecule has 0 saturated heterocycles. The molecule has 1 heterocycles. The van der Waals surface area contributed by atoms with Crippen molar-refractivity contribution < 1.29 is 4.74 Å². The predicted octanol–water partition coefficient (Wildman–Crippen LogP) is 2.34. The Kier molecular flexibility index (Phi) is 6.44. The van der Waals surface area contributed by atoms with Gasteiger partial charge in [0.1, 0.15) is 5.75 Å². The SMILES string of the molecule is CN=C(NCc1ccccc1OC)NC(C)Cc1c(C)nn(C)c1C. The third-order valence-electron chi connectivity index (χ3n) is 4.41. The van der Waals surface area contributed by atoms with E-state index in [2.05, 4.69) is 41.5 Å². The van der Waals surface area contributed by atoms with Crippen LogP contribution in [0.3, 0.4) is 0 Å². The Morgan fingerprint density at radius 3 is 2.64 bits per heavy atom. The average molecular weight is 343 g/mol. The van der Waals surface area contributed by atoms with E-state index < -0.39 is 0 Å². The lowest BCUT2D eigenvalue weighted by molar-refractivity contribution is 0.409. The molecule has 0 fully saturated rings. The number of para-hydroxylation sites is 1. The van der Waals surface area contributed by atoms with Crippen LogP contribution in [0.15, 0.2) is 29.3 Å². The summed E-state index contributed by atoms with van der Waals surface area (Å²) in [6.07, 6.45) is 0.904. The van der Waals surface area contributed by atoms with E-state index in [0.717, 1.165) is 29.4 Å². The average Bonchev–Trinajstić information content (AvgIpc) is 2.85. The molecule has 1 unspecified atom stereocenters. The Hall–Kier alpha value is -2.50. The highest BCUT2D eigenvalue weighted by atomic mass is 16.5. The van der Waals surface area contributed by atoms with Gasteiger partial charge in [0.05, 0.1) is 12.8 Å². The Morgan fingerprint density at radius 2 is 2.04 bits per heavy atom. The first-order chi connectivity index (χ1) is 12.0. The highest BCUT2D eigenvalue weighted by molar-refractivity contribution is 5.80. The van der Waals surface area contributed by atoms with Crippen molar-refractivity contribution >= 4 is 5.96 Å². The van der Waals surface area contributed by atoms with Gasteiger partial charge in [-0.1, -0.05) is 18.2 Å². The molecule has 0 amide bonds. The molecule has 1 aromatic carbocycles. The molecule has 25 heavy (non-hydrogen) atoms. The molecule has 1 aromatic heterocycles. The quantitative estimate of drug-likeness (QED) is 0.624. The van der Waals surface area contributed by atoms with Gasteiger partial charge >= 0.3 is 0 Å². The van der Waals surface area contributed by atoms with Crippen molar-refractivity contribution in [1.29, 1.82) is 0 Å².